The summed E-state index contributed by atoms with van der Waals surface area (Å²) in [5.74, 6) is 0.991. The fraction of sp³-hybridized carbons (Fsp3) is 0.385. The monoisotopic (exact) mass is 203 g/mol. The molecule has 2 nitrogen and oxygen atoms in total. The lowest BCUT2D eigenvalue weighted by Gasteiger charge is -2.19. The Morgan fingerprint density at radius 3 is 2.93 bits per heavy atom. The maximum absolute atomic E-state index is 5.66. The minimum absolute atomic E-state index is 0.517. The van der Waals surface area contributed by atoms with Gasteiger partial charge >= 0.3 is 0 Å². The van der Waals surface area contributed by atoms with E-state index in [4.69, 9.17) is 4.74 Å². The second kappa shape index (κ2) is 4.49. The standard InChI is InChI=1S/C13H17NO/c1-10(2)14-8-11-7-12-5-3-4-6-13(12)15-9-11/h3-7,10,14H,8-9H2,1-2H3. The molecule has 0 fully saturated rings. The van der Waals surface area contributed by atoms with E-state index in [1.165, 1.54) is 11.1 Å². The summed E-state index contributed by atoms with van der Waals surface area (Å²) in [5, 5.41) is 3.40. The normalized spacial score (nSPS) is 14.5. The van der Waals surface area contributed by atoms with Crippen LogP contribution in [0.2, 0.25) is 0 Å². The Balaban J connectivity index is 2.08. The number of ether oxygens (including phenoxy) is 1. The van der Waals surface area contributed by atoms with Gasteiger partial charge in [0.1, 0.15) is 12.4 Å². The average molecular weight is 203 g/mol. The quantitative estimate of drug-likeness (QED) is 0.814. The fourth-order valence-corrected chi connectivity index (χ4v) is 1.60. The highest BCUT2D eigenvalue weighted by molar-refractivity contribution is 5.62. The fourth-order valence-electron chi connectivity index (χ4n) is 1.60. The highest BCUT2D eigenvalue weighted by Gasteiger charge is 2.10. The van der Waals surface area contributed by atoms with Gasteiger partial charge in [0.05, 0.1) is 0 Å². The van der Waals surface area contributed by atoms with Crippen LogP contribution in [0.5, 0.6) is 5.75 Å². The molecule has 2 rings (SSSR count). The van der Waals surface area contributed by atoms with Gasteiger partial charge in [0.2, 0.25) is 0 Å². The van der Waals surface area contributed by atoms with Crippen LogP contribution in [-0.4, -0.2) is 19.2 Å². The van der Waals surface area contributed by atoms with Crippen LogP contribution in [0.25, 0.3) is 6.08 Å². The second-order valence-corrected chi connectivity index (χ2v) is 4.16. The van der Waals surface area contributed by atoms with E-state index in [9.17, 15) is 0 Å². The lowest BCUT2D eigenvalue weighted by molar-refractivity contribution is 0.342. The Hall–Kier alpha value is -1.28. The van der Waals surface area contributed by atoms with Crippen molar-refractivity contribution < 1.29 is 4.74 Å². The Bertz CT molecular complexity index is 369. The minimum Gasteiger partial charge on any atom is -0.489 e. The van der Waals surface area contributed by atoms with Crippen molar-refractivity contribution in [1.82, 2.24) is 5.32 Å². The zero-order valence-electron chi connectivity index (χ0n) is 9.29. The first-order chi connectivity index (χ1) is 7.25. The van der Waals surface area contributed by atoms with Crippen LogP contribution in [0.3, 0.4) is 0 Å². The van der Waals surface area contributed by atoms with Gasteiger partial charge in [0, 0.05) is 18.2 Å². The summed E-state index contributed by atoms with van der Waals surface area (Å²) in [6.45, 7) is 5.92. The summed E-state index contributed by atoms with van der Waals surface area (Å²) in [6, 6.07) is 8.66. The third kappa shape index (κ3) is 2.60. The van der Waals surface area contributed by atoms with E-state index in [0.717, 1.165) is 12.3 Å². The first-order valence-corrected chi connectivity index (χ1v) is 5.40. The summed E-state index contributed by atoms with van der Waals surface area (Å²) in [7, 11) is 0. The van der Waals surface area contributed by atoms with E-state index < -0.39 is 0 Å². The molecule has 1 aromatic carbocycles. The molecule has 1 heterocycles. The molecule has 0 spiro atoms. The molecule has 1 aromatic rings. The minimum atomic E-state index is 0.517. The van der Waals surface area contributed by atoms with Gasteiger partial charge in [0.25, 0.3) is 0 Å². The van der Waals surface area contributed by atoms with E-state index in [-0.39, 0.29) is 0 Å². The van der Waals surface area contributed by atoms with Crippen LogP contribution >= 0.6 is 0 Å². The summed E-state index contributed by atoms with van der Waals surface area (Å²) >= 11 is 0. The third-order valence-electron chi connectivity index (χ3n) is 2.43. The third-order valence-corrected chi connectivity index (χ3v) is 2.43. The smallest absolute Gasteiger partial charge is 0.127 e. The van der Waals surface area contributed by atoms with Gasteiger partial charge < -0.3 is 10.1 Å². The molecule has 0 unspecified atom stereocenters. The predicted molar refractivity (Wildman–Crippen MR) is 63.1 cm³/mol. The van der Waals surface area contributed by atoms with E-state index in [2.05, 4.69) is 31.3 Å². The van der Waals surface area contributed by atoms with Crippen molar-refractivity contribution in [1.29, 1.82) is 0 Å². The zero-order chi connectivity index (χ0) is 10.7. The number of fused-ring (bicyclic) bond motifs is 1. The Labute approximate surface area is 91.0 Å². The van der Waals surface area contributed by atoms with Crippen LogP contribution in [0.15, 0.2) is 29.8 Å². The molecule has 1 aliphatic rings. The maximum Gasteiger partial charge on any atom is 0.127 e. The first-order valence-electron chi connectivity index (χ1n) is 5.40. The van der Waals surface area contributed by atoms with Crippen molar-refractivity contribution in [2.45, 2.75) is 19.9 Å². The van der Waals surface area contributed by atoms with E-state index in [1.54, 1.807) is 0 Å². The molecule has 0 amide bonds. The molecule has 0 saturated carbocycles. The molecule has 1 N–H and O–H groups in total. The van der Waals surface area contributed by atoms with Crippen LogP contribution in [0, 0.1) is 0 Å². The van der Waals surface area contributed by atoms with E-state index >= 15 is 0 Å². The number of hydrogen-bond acceptors (Lipinski definition) is 2. The lowest BCUT2D eigenvalue weighted by Crippen LogP contribution is -2.27. The zero-order valence-corrected chi connectivity index (χ0v) is 9.29. The van der Waals surface area contributed by atoms with E-state index in [0.29, 0.717) is 12.6 Å². The number of benzene rings is 1. The lowest BCUT2D eigenvalue weighted by atomic mass is 10.1. The van der Waals surface area contributed by atoms with Crippen molar-refractivity contribution in [3.8, 4) is 5.75 Å². The SMILES string of the molecule is CC(C)NCC1=Cc2ccccc2OC1. The van der Waals surface area contributed by atoms with Crippen molar-refractivity contribution in [2.75, 3.05) is 13.2 Å². The number of nitrogens with one attached hydrogen (secondary N) is 1. The average Bonchev–Trinajstić information content (AvgIpc) is 2.26. The second-order valence-electron chi connectivity index (χ2n) is 4.16. The highest BCUT2D eigenvalue weighted by atomic mass is 16.5. The van der Waals surface area contributed by atoms with Crippen molar-refractivity contribution in [3.63, 3.8) is 0 Å². The van der Waals surface area contributed by atoms with Gasteiger partial charge in [-0.2, -0.15) is 0 Å². The van der Waals surface area contributed by atoms with Crippen LogP contribution in [-0.2, 0) is 0 Å². The molecule has 80 valence electrons. The molecule has 15 heavy (non-hydrogen) atoms. The van der Waals surface area contributed by atoms with E-state index in [1.807, 2.05) is 18.2 Å². The van der Waals surface area contributed by atoms with Crippen molar-refractivity contribution in [3.05, 3.63) is 35.4 Å². The molecule has 0 bridgehead atoms. The molecular weight excluding hydrogens is 186 g/mol. The Morgan fingerprint density at radius 1 is 1.33 bits per heavy atom. The summed E-state index contributed by atoms with van der Waals surface area (Å²) in [6.07, 6.45) is 2.22. The van der Waals surface area contributed by atoms with Gasteiger partial charge in [-0.25, -0.2) is 0 Å². The number of para-hydroxylation sites is 1. The van der Waals surface area contributed by atoms with Gasteiger partial charge in [-0.05, 0) is 17.7 Å². The molecular formula is C13H17NO. The van der Waals surface area contributed by atoms with Gasteiger partial charge in [-0.3, -0.25) is 0 Å². The molecule has 0 atom stereocenters. The topological polar surface area (TPSA) is 21.3 Å². The Morgan fingerprint density at radius 2 is 2.13 bits per heavy atom. The first kappa shape index (κ1) is 10.2. The molecule has 0 aliphatic carbocycles. The Kier molecular flexibility index (Phi) is 3.07. The molecule has 2 heteroatoms. The predicted octanol–water partition coefficient (Wildman–Crippen LogP) is 2.46. The van der Waals surface area contributed by atoms with Gasteiger partial charge in [-0.1, -0.05) is 32.0 Å². The van der Waals surface area contributed by atoms with Crippen molar-refractivity contribution in [2.24, 2.45) is 0 Å². The summed E-state index contributed by atoms with van der Waals surface area (Å²) in [4.78, 5) is 0. The molecule has 0 radical (unpaired) electrons. The molecule has 1 aliphatic heterocycles. The number of rotatable bonds is 3. The van der Waals surface area contributed by atoms with Crippen LogP contribution in [0.4, 0.5) is 0 Å². The summed E-state index contributed by atoms with van der Waals surface area (Å²) in [5.41, 5.74) is 2.49. The largest absolute Gasteiger partial charge is 0.489 e. The molecule has 0 saturated heterocycles. The number of hydrogen-bond donors (Lipinski definition) is 1. The van der Waals surface area contributed by atoms with Crippen LogP contribution in [0.1, 0.15) is 19.4 Å². The summed E-state index contributed by atoms with van der Waals surface area (Å²) < 4.78 is 5.66. The highest BCUT2D eigenvalue weighted by Crippen LogP contribution is 2.25. The molecule has 0 aromatic heterocycles. The van der Waals surface area contributed by atoms with Crippen LogP contribution < -0.4 is 10.1 Å². The van der Waals surface area contributed by atoms with Gasteiger partial charge in [0.15, 0.2) is 0 Å². The van der Waals surface area contributed by atoms with Crippen molar-refractivity contribution >= 4 is 6.08 Å². The maximum atomic E-state index is 5.66. The van der Waals surface area contributed by atoms with Gasteiger partial charge in [-0.15, -0.1) is 0 Å².